The third-order valence-corrected chi connectivity index (χ3v) is 9.13. The molecule has 0 aliphatic heterocycles. The summed E-state index contributed by atoms with van der Waals surface area (Å²) in [7, 11) is 0. The monoisotopic (exact) mass is 290 g/mol. The second kappa shape index (κ2) is 4.49. The van der Waals surface area contributed by atoms with E-state index in [1.54, 1.807) is 0 Å². The summed E-state index contributed by atoms with van der Waals surface area (Å²) in [6.45, 7) is 7.71. The van der Waals surface area contributed by atoms with E-state index in [2.05, 4.69) is 20.8 Å². The fourth-order valence-corrected chi connectivity index (χ4v) is 7.60. The first-order valence-electron chi connectivity index (χ1n) is 9.56. The summed E-state index contributed by atoms with van der Waals surface area (Å²) < 4.78 is 0. The molecule has 3 unspecified atom stereocenters. The molecule has 1 heteroatoms. The van der Waals surface area contributed by atoms with Crippen molar-refractivity contribution in [2.75, 3.05) is 0 Å². The minimum Gasteiger partial charge on any atom is -0.393 e. The van der Waals surface area contributed by atoms with Gasteiger partial charge >= 0.3 is 0 Å². The number of rotatable bonds is 0. The highest BCUT2D eigenvalue weighted by Gasteiger charge is 2.61. The summed E-state index contributed by atoms with van der Waals surface area (Å²) in [6.07, 6.45) is 13.6. The Morgan fingerprint density at radius 3 is 2.43 bits per heavy atom. The zero-order chi connectivity index (χ0) is 14.9. The Bertz CT molecular complexity index is 432. The third-order valence-electron chi connectivity index (χ3n) is 9.13. The van der Waals surface area contributed by atoms with Crippen molar-refractivity contribution in [1.82, 2.24) is 0 Å². The standard InChI is InChI=1S/C20H34O/c1-18-9-4-5-16(18)15-7-11-19(2)13-14(21)6-12-20(19,3)17(15)8-10-18/h14-17,21H,4-13H2,1-3H3/t14-,15?,16?,17?,18-,19-,20+/m0/s1. The van der Waals surface area contributed by atoms with Gasteiger partial charge in [-0.05, 0) is 91.8 Å². The van der Waals surface area contributed by atoms with Gasteiger partial charge in [0.15, 0.2) is 0 Å². The second-order valence-electron chi connectivity index (χ2n) is 9.88. The van der Waals surface area contributed by atoms with Crippen molar-refractivity contribution >= 4 is 0 Å². The Kier molecular flexibility index (Phi) is 3.11. The van der Waals surface area contributed by atoms with Crippen molar-refractivity contribution in [2.45, 2.75) is 91.1 Å². The normalized spacial score (nSPS) is 60.0. The lowest BCUT2D eigenvalue weighted by molar-refractivity contribution is -0.166. The van der Waals surface area contributed by atoms with Crippen LogP contribution in [-0.2, 0) is 0 Å². The van der Waals surface area contributed by atoms with E-state index in [-0.39, 0.29) is 6.10 Å². The Labute approximate surface area is 130 Å². The molecule has 1 N–H and O–H groups in total. The molecule has 21 heavy (non-hydrogen) atoms. The van der Waals surface area contributed by atoms with Gasteiger partial charge in [0.2, 0.25) is 0 Å². The Hall–Kier alpha value is -0.0400. The predicted molar refractivity (Wildman–Crippen MR) is 87.0 cm³/mol. The Balaban J connectivity index is 1.67. The topological polar surface area (TPSA) is 20.2 Å². The van der Waals surface area contributed by atoms with Crippen LogP contribution in [0.2, 0.25) is 0 Å². The van der Waals surface area contributed by atoms with Crippen LogP contribution in [-0.4, -0.2) is 11.2 Å². The van der Waals surface area contributed by atoms with Crippen LogP contribution in [0.1, 0.15) is 85.0 Å². The van der Waals surface area contributed by atoms with Gasteiger partial charge in [-0.3, -0.25) is 0 Å². The highest BCUT2D eigenvalue weighted by molar-refractivity contribution is 5.11. The van der Waals surface area contributed by atoms with E-state index >= 15 is 0 Å². The summed E-state index contributed by atoms with van der Waals surface area (Å²) >= 11 is 0. The maximum absolute atomic E-state index is 10.2. The SMILES string of the molecule is C[C@@]12CCCC1C1CC[C@@]3(C)C[C@@H](O)CC[C@]3(C)C1CC2. The molecule has 0 aromatic rings. The van der Waals surface area contributed by atoms with Crippen LogP contribution in [0.5, 0.6) is 0 Å². The molecular formula is C20H34O. The summed E-state index contributed by atoms with van der Waals surface area (Å²) in [5.41, 5.74) is 1.58. The van der Waals surface area contributed by atoms with Crippen LogP contribution in [0.15, 0.2) is 0 Å². The molecule has 4 rings (SSSR count). The number of hydrogen-bond acceptors (Lipinski definition) is 1. The van der Waals surface area contributed by atoms with Crippen molar-refractivity contribution in [2.24, 2.45) is 34.0 Å². The molecule has 0 aromatic carbocycles. The molecule has 4 fully saturated rings. The van der Waals surface area contributed by atoms with Crippen LogP contribution in [0.3, 0.4) is 0 Å². The summed E-state index contributed by atoms with van der Waals surface area (Å²) in [6, 6.07) is 0. The summed E-state index contributed by atoms with van der Waals surface area (Å²) in [4.78, 5) is 0. The quantitative estimate of drug-likeness (QED) is 0.652. The van der Waals surface area contributed by atoms with Crippen LogP contribution in [0.4, 0.5) is 0 Å². The van der Waals surface area contributed by atoms with Gasteiger partial charge in [0.1, 0.15) is 0 Å². The smallest absolute Gasteiger partial charge is 0.0545 e. The van der Waals surface area contributed by atoms with E-state index in [9.17, 15) is 5.11 Å². The van der Waals surface area contributed by atoms with Crippen LogP contribution in [0, 0.1) is 34.0 Å². The molecule has 4 aliphatic carbocycles. The van der Waals surface area contributed by atoms with Gasteiger partial charge in [0, 0.05) is 0 Å². The first-order valence-corrected chi connectivity index (χ1v) is 9.56. The molecule has 120 valence electrons. The maximum Gasteiger partial charge on any atom is 0.0545 e. The van der Waals surface area contributed by atoms with Crippen LogP contribution < -0.4 is 0 Å². The molecule has 0 amide bonds. The van der Waals surface area contributed by atoms with E-state index in [1.807, 2.05) is 0 Å². The summed E-state index contributed by atoms with van der Waals surface area (Å²) in [5, 5.41) is 10.2. The molecule has 4 saturated carbocycles. The number of hydrogen-bond donors (Lipinski definition) is 1. The van der Waals surface area contributed by atoms with Crippen molar-refractivity contribution in [1.29, 1.82) is 0 Å². The molecular weight excluding hydrogens is 256 g/mol. The van der Waals surface area contributed by atoms with Gasteiger partial charge in [0.25, 0.3) is 0 Å². The fraction of sp³-hybridized carbons (Fsp3) is 1.00. The average molecular weight is 290 g/mol. The highest BCUT2D eigenvalue weighted by atomic mass is 16.3. The molecule has 0 bridgehead atoms. The lowest BCUT2D eigenvalue weighted by Crippen LogP contribution is -2.57. The van der Waals surface area contributed by atoms with Crippen molar-refractivity contribution in [3.05, 3.63) is 0 Å². The van der Waals surface area contributed by atoms with E-state index in [0.29, 0.717) is 16.2 Å². The van der Waals surface area contributed by atoms with Gasteiger partial charge < -0.3 is 5.11 Å². The zero-order valence-corrected chi connectivity index (χ0v) is 14.3. The van der Waals surface area contributed by atoms with Gasteiger partial charge in [-0.15, -0.1) is 0 Å². The van der Waals surface area contributed by atoms with Gasteiger partial charge in [0.05, 0.1) is 6.10 Å². The van der Waals surface area contributed by atoms with Crippen molar-refractivity contribution < 1.29 is 5.11 Å². The van der Waals surface area contributed by atoms with Gasteiger partial charge in [-0.2, -0.15) is 0 Å². The minimum absolute atomic E-state index is 0.0278. The molecule has 0 aromatic heterocycles. The average Bonchev–Trinajstić information content (AvgIpc) is 2.82. The minimum atomic E-state index is -0.0278. The number of fused-ring (bicyclic) bond motifs is 5. The lowest BCUT2D eigenvalue weighted by Gasteiger charge is -2.64. The van der Waals surface area contributed by atoms with Crippen LogP contribution >= 0.6 is 0 Å². The van der Waals surface area contributed by atoms with Crippen molar-refractivity contribution in [3.8, 4) is 0 Å². The molecule has 4 aliphatic rings. The van der Waals surface area contributed by atoms with Crippen LogP contribution in [0.25, 0.3) is 0 Å². The molecule has 0 radical (unpaired) electrons. The van der Waals surface area contributed by atoms with E-state index in [0.717, 1.165) is 30.6 Å². The highest BCUT2D eigenvalue weighted by Crippen LogP contribution is 2.69. The van der Waals surface area contributed by atoms with Crippen molar-refractivity contribution in [3.63, 3.8) is 0 Å². The first-order chi connectivity index (χ1) is 9.88. The fourth-order valence-electron chi connectivity index (χ4n) is 7.60. The zero-order valence-electron chi connectivity index (χ0n) is 14.3. The maximum atomic E-state index is 10.2. The Morgan fingerprint density at radius 2 is 1.62 bits per heavy atom. The second-order valence-corrected chi connectivity index (χ2v) is 9.88. The largest absolute Gasteiger partial charge is 0.393 e. The molecule has 7 atom stereocenters. The summed E-state index contributed by atoms with van der Waals surface area (Å²) in [5.74, 6) is 2.96. The Morgan fingerprint density at radius 1 is 0.810 bits per heavy atom. The molecule has 1 nitrogen and oxygen atoms in total. The van der Waals surface area contributed by atoms with E-state index in [1.165, 1.54) is 51.4 Å². The third kappa shape index (κ3) is 1.85. The van der Waals surface area contributed by atoms with E-state index in [4.69, 9.17) is 0 Å². The molecule has 0 spiro atoms. The van der Waals surface area contributed by atoms with E-state index < -0.39 is 0 Å². The molecule has 0 heterocycles. The number of aliphatic hydroxyl groups is 1. The lowest BCUT2D eigenvalue weighted by atomic mass is 9.40. The van der Waals surface area contributed by atoms with Gasteiger partial charge in [-0.25, -0.2) is 0 Å². The number of aliphatic hydroxyl groups excluding tert-OH is 1. The molecule has 0 saturated heterocycles. The first kappa shape index (κ1) is 14.5. The van der Waals surface area contributed by atoms with Gasteiger partial charge in [-0.1, -0.05) is 27.2 Å². The predicted octanol–water partition coefficient (Wildman–Crippen LogP) is 5.17.